The Labute approximate surface area is 499 Å². The van der Waals surface area contributed by atoms with Crippen LogP contribution in [0.4, 0.5) is 0 Å². The van der Waals surface area contributed by atoms with Crippen molar-refractivity contribution in [3.63, 3.8) is 0 Å². The standard InChI is InChI=1S/C64H124O13Si4/c1-26-79(27-2,28-3)76-55-34-51(37-58(66)74-60(16,17)18)71-64(41-55)43-62(22,77-80(29-4,30-5)31-6)38-53(72-64)32-47(13)48(14)59(67)49(15)57(65)36-50-33-52(68-23)39-63(70-50)40-54(75-78(24,25)61(19,20)21)35-56(73-63)42-69-81(44(7)8,45(9)10)46(11)12/h44-46,48-56,59,67H,13,26-43H2,1-12,14-25H3/t48-,49-,50+,51-,52+,53+,54+,55+,56-,59+,62+,63-,64-/m1/s1. The summed E-state index contributed by atoms with van der Waals surface area (Å²) in [6, 6.07) is 5.98. The van der Waals surface area contributed by atoms with E-state index in [1.165, 1.54) is 0 Å². The Balaban J connectivity index is 1.62. The van der Waals surface area contributed by atoms with Crippen molar-refractivity contribution in [2.24, 2.45) is 11.8 Å². The third-order valence-corrected chi connectivity index (χ3v) is 40.6. The van der Waals surface area contributed by atoms with Crippen molar-refractivity contribution in [2.45, 2.75) is 359 Å². The SMILES string of the molecule is C=C(C[C@H]1C[C@](C)(O[Si](CC)(CC)CC)C[C@@]2(C[C@@H](O[Si](CC)(CC)CC)C[C@H](CC(=O)OC(C)(C)C)O2)O1)[C@@H](C)[C@H](O)[C@H](C)C(=O)C[C@@H]1C[C@H](OC)C[C@@]2(C[C@@H](O[Si](C)(C)C(C)(C)C)C[C@H](CO[Si](C(C)C)(C(C)C)C(C)C)O2)O1. The molecule has 4 fully saturated rings. The molecule has 1 N–H and O–H groups in total. The maximum atomic E-state index is 14.7. The topological polar surface area (TPSA) is 147 Å². The molecule has 13 nitrogen and oxygen atoms in total. The van der Waals surface area contributed by atoms with Crippen LogP contribution in [-0.2, 0) is 55.7 Å². The molecular weight excluding hydrogens is 1090 g/mol. The summed E-state index contributed by atoms with van der Waals surface area (Å²) in [5.74, 6) is -3.68. The monoisotopic (exact) mass is 1210 g/mol. The number of Topliss-reactive ketones (excluding diaryl/α,β-unsaturated/α-hetero) is 1. The van der Waals surface area contributed by atoms with Crippen LogP contribution in [0.2, 0.25) is 71.0 Å². The highest BCUT2D eigenvalue weighted by Gasteiger charge is 2.57. The van der Waals surface area contributed by atoms with Gasteiger partial charge < -0.3 is 51.2 Å². The number of carbonyl (C=O) groups is 2. The number of esters is 1. The summed E-state index contributed by atoms with van der Waals surface area (Å²) in [7, 11) is -6.96. The molecule has 0 unspecified atom stereocenters. The first-order valence-electron chi connectivity index (χ1n) is 32.4. The molecule has 0 aromatic carbocycles. The lowest BCUT2D eigenvalue weighted by molar-refractivity contribution is -0.346. The summed E-state index contributed by atoms with van der Waals surface area (Å²) < 4.78 is 70.1. The molecule has 0 saturated carbocycles. The third-order valence-electron chi connectivity index (χ3n) is 20.5. The Hall–Kier alpha value is -0.652. The number of hydrogen-bond acceptors (Lipinski definition) is 13. The van der Waals surface area contributed by atoms with E-state index in [1.54, 1.807) is 7.11 Å². The van der Waals surface area contributed by atoms with E-state index in [-0.39, 0.29) is 60.2 Å². The fraction of sp³-hybridized carbons (Fsp3) is 0.938. The van der Waals surface area contributed by atoms with Gasteiger partial charge in [0, 0.05) is 70.3 Å². The van der Waals surface area contributed by atoms with Crippen LogP contribution in [0.5, 0.6) is 0 Å². The molecule has 0 aliphatic carbocycles. The van der Waals surface area contributed by atoms with Gasteiger partial charge in [0.05, 0.1) is 67.5 Å². The summed E-state index contributed by atoms with van der Waals surface area (Å²) >= 11 is 0. The highest BCUT2D eigenvalue weighted by molar-refractivity contribution is 6.77. The van der Waals surface area contributed by atoms with Crippen LogP contribution in [0.3, 0.4) is 0 Å². The van der Waals surface area contributed by atoms with E-state index in [9.17, 15) is 14.7 Å². The van der Waals surface area contributed by atoms with E-state index in [1.807, 2.05) is 34.6 Å². The van der Waals surface area contributed by atoms with Gasteiger partial charge in [0.15, 0.2) is 44.8 Å². The molecule has 81 heavy (non-hydrogen) atoms. The van der Waals surface area contributed by atoms with Gasteiger partial charge in [-0.1, -0.05) is 130 Å². The molecule has 13 atom stereocenters. The Morgan fingerprint density at radius 3 is 1.58 bits per heavy atom. The van der Waals surface area contributed by atoms with Gasteiger partial charge in [-0.25, -0.2) is 0 Å². The largest absolute Gasteiger partial charge is 0.460 e. The lowest BCUT2D eigenvalue weighted by Crippen LogP contribution is -2.61. The summed E-state index contributed by atoms with van der Waals surface area (Å²) in [6.45, 7) is 55.6. The fourth-order valence-corrected chi connectivity index (χ4v) is 27.5. The maximum Gasteiger partial charge on any atom is 0.308 e. The Kier molecular flexibility index (Phi) is 26.2. The van der Waals surface area contributed by atoms with Crippen LogP contribution in [0.15, 0.2) is 12.2 Å². The van der Waals surface area contributed by atoms with Crippen LogP contribution >= 0.6 is 0 Å². The molecule has 0 aromatic heterocycles. The van der Waals surface area contributed by atoms with Gasteiger partial charge in [-0.15, -0.1) is 0 Å². The molecule has 4 aliphatic heterocycles. The quantitative estimate of drug-likeness (QED) is 0.0431. The minimum atomic E-state index is -2.22. The molecule has 4 saturated heterocycles. The zero-order valence-electron chi connectivity index (χ0n) is 56.3. The molecule has 0 bridgehead atoms. The number of aliphatic hydroxyl groups excluding tert-OH is 1. The number of carbonyl (C=O) groups excluding carboxylic acids is 2. The van der Waals surface area contributed by atoms with Crippen molar-refractivity contribution in [1.29, 1.82) is 0 Å². The number of rotatable bonds is 29. The average Bonchev–Trinajstić information content (AvgIpc) is 3.34. The smallest absolute Gasteiger partial charge is 0.308 e. The lowest BCUT2D eigenvalue weighted by Gasteiger charge is -2.55. The summed E-state index contributed by atoms with van der Waals surface area (Å²) in [5, 5.41) is 12.3. The molecule has 2 spiro atoms. The Bertz CT molecular complexity index is 1960. The summed E-state index contributed by atoms with van der Waals surface area (Å²) in [4.78, 5) is 28.2. The molecule has 0 aromatic rings. The van der Waals surface area contributed by atoms with Gasteiger partial charge in [0.2, 0.25) is 0 Å². The molecular formula is C64H124O13Si4. The molecule has 0 amide bonds. The van der Waals surface area contributed by atoms with E-state index in [4.69, 9.17) is 46.1 Å². The predicted molar refractivity (Wildman–Crippen MR) is 339 cm³/mol. The van der Waals surface area contributed by atoms with Gasteiger partial charge in [-0.05, 0) is 112 Å². The van der Waals surface area contributed by atoms with Gasteiger partial charge in [0.1, 0.15) is 11.4 Å². The maximum absolute atomic E-state index is 14.7. The van der Waals surface area contributed by atoms with Gasteiger partial charge in [0.25, 0.3) is 0 Å². The lowest BCUT2D eigenvalue weighted by atomic mass is 9.78. The van der Waals surface area contributed by atoms with Crippen LogP contribution < -0.4 is 0 Å². The van der Waals surface area contributed by atoms with Crippen molar-refractivity contribution in [2.75, 3.05) is 13.7 Å². The Morgan fingerprint density at radius 1 is 0.617 bits per heavy atom. The fourth-order valence-electron chi connectivity index (χ4n) is 14.7. The number of ether oxygens (including phenoxy) is 6. The van der Waals surface area contributed by atoms with Crippen molar-refractivity contribution < 1.29 is 60.8 Å². The number of methoxy groups -OCH3 is 1. The van der Waals surface area contributed by atoms with E-state index in [0.29, 0.717) is 81.0 Å². The normalized spacial score (nSPS) is 30.5. The third kappa shape index (κ3) is 18.7. The molecule has 0 radical (unpaired) electrons. The van der Waals surface area contributed by atoms with Crippen LogP contribution in [0.1, 0.15) is 216 Å². The first-order valence-corrected chi connectivity index (χ1v) is 42.5. The molecule has 17 heteroatoms. The highest BCUT2D eigenvalue weighted by atomic mass is 28.4. The number of ketones is 1. The molecule has 474 valence electrons. The minimum absolute atomic E-state index is 0.00623. The average molecular weight is 1210 g/mol. The van der Waals surface area contributed by atoms with Crippen molar-refractivity contribution in [3.8, 4) is 0 Å². The predicted octanol–water partition coefficient (Wildman–Crippen LogP) is 16.1. The van der Waals surface area contributed by atoms with E-state index >= 15 is 0 Å². The van der Waals surface area contributed by atoms with Crippen molar-refractivity contribution in [1.82, 2.24) is 0 Å². The Morgan fingerprint density at radius 2 is 1.07 bits per heavy atom. The number of hydrogen-bond donors (Lipinski definition) is 1. The van der Waals surface area contributed by atoms with E-state index in [2.05, 4.69) is 130 Å². The highest BCUT2D eigenvalue weighted by Crippen LogP contribution is 2.51. The van der Waals surface area contributed by atoms with Gasteiger partial charge in [-0.3, -0.25) is 9.59 Å². The van der Waals surface area contributed by atoms with Crippen LogP contribution in [-0.4, -0.2) is 135 Å². The molecule has 4 rings (SSSR count). The molecule has 4 aliphatic rings. The number of aliphatic hydroxyl groups is 1. The van der Waals surface area contributed by atoms with Crippen LogP contribution in [0.25, 0.3) is 0 Å². The first kappa shape index (κ1) is 72.8. The van der Waals surface area contributed by atoms with Gasteiger partial charge in [-0.2, -0.15) is 0 Å². The zero-order valence-corrected chi connectivity index (χ0v) is 60.3. The van der Waals surface area contributed by atoms with E-state index in [0.717, 1.165) is 41.8 Å². The van der Waals surface area contributed by atoms with Crippen molar-refractivity contribution in [3.05, 3.63) is 12.2 Å². The summed E-state index contributed by atoms with van der Waals surface area (Å²) in [6.07, 6.45) is 1.99. The second-order valence-electron chi connectivity index (χ2n) is 29.6. The minimum Gasteiger partial charge on any atom is -0.460 e. The second kappa shape index (κ2) is 29.1. The van der Waals surface area contributed by atoms with E-state index < -0.39 is 86.2 Å². The van der Waals surface area contributed by atoms with Gasteiger partial charge >= 0.3 is 5.97 Å². The molecule has 4 heterocycles. The first-order chi connectivity index (χ1) is 37.3. The summed E-state index contributed by atoms with van der Waals surface area (Å²) in [5.41, 5.74) is 0.821. The van der Waals surface area contributed by atoms with Crippen molar-refractivity contribution >= 4 is 45.0 Å². The second-order valence-corrected chi connectivity index (χ2v) is 49.3. The van der Waals surface area contributed by atoms with Crippen LogP contribution in [0, 0.1) is 11.8 Å². The zero-order chi connectivity index (χ0) is 61.5.